The van der Waals surface area contributed by atoms with Crippen molar-refractivity contribution in [3.05, 3.63) is 23.4 Å². The Labute approximate surface area is 132 Å². The van der Waals surface area contributed by atoms with Gasteiger partial charge in [-0.05, 0) is 31.0 Å². The van der Waals surface area contributed by atoms with Crippen LogP contribution in [0.5, 0.6) is 0 Å². The average Bonchev–Trinajstić information content (AvgIpc) is 2.91. The van der Waals surface area contributed by atoms with E-state index < -0.39 is 10.0 Å². The van der Waals surface area contributed by atoms with E-state index in [0.717, 1.165) is 17.5 Å². The molecule has 1 unspecified atom stereocenters. The van der Waals surface area contributed by atoms with Gasteiger partial charge in [-0.25, -0.2) is 13.4 Å². The molecule has 2 aromatic heterocycles. The topological polar surface area (TPSA) is 59.5 Å². The number of hydrogen-bond acceptors (Lipinski definition) is 5. The SMILES string of the molecule is COC1CCCN(S(=O)(=O)c2cc3nc(Cl)ccc3s2)C1. The maximum Gasteiger partial charge on any atom is 0.252 e. The molecule has 2 aromatic rings. The zero-order chi connectivity index (χ0) is 15.0. The van der Waals surface area contributed by atoms with Crippen LogP contribution in [0.1, 0.15) is 12.8 Å². The van der Waals surface area contributed by atoms with Gasteiger partial charge in [0.25, 0.3) is 10.0 Å². The van der Waals surface area contributed by atoms with Crippen molar-refractivity contribution in [2.75, 3.05) is 20.2 Å². The molecule has 1 fully saturated rings. The zero-order valence-corrected chi connectivity index (χ0v) is 13.8. The van der Waals surface area contributed by atoms with Crippen LogP contribution in [0, 0.1) is 0 Å². The van der Waals surface area contributed by atoms with Crippen molar-refractivity contribution in [1.82, 2.24) is 9.29 Å². The molecule has 8 heteroatoms. The molecule has 0 spiro atoms. The van der Waals surface area contributed by atoms with Gasteiger partial charge in [-0.2, -0.15) is 4.31 Å². The highest BCUT2D eigenvalue weighted by Gasteiger charge is 2.31. The lowest BCUT2D eigenvalue weighted by Crippen LogP contribution is -2.42. The van der Waals surface area contributed by atoms with Gasteiger partial charge in [0.2, 0.25) is 0 Å². The van der Waals surface area contributed by atoms with E-state index >= 15 is 0 Å². The number of nitrogens with zero attached hydrogens (tertiary/aromatic N) is 2. The summed E-state index contributed by atoms with van der Waals surface area (Å²) in [5.74, 6) is 0. The zero-order valence-electron chi connectivity index (χ0n) is 11.5. The number of ether oxygens (including phenoxy) is 1. The van der Waals surface area contributed by atoms with Gasteiger partial charge >= 0.3 is 0 Å². The minimum Gasteiger partial charge on any atom is -0.380 e. The molecular formula is C13H15ClN2O3S2. The molecule has 5 nitrogen and oxygen atoms in total. The normalized spacial score (nSPS) is 21.0. The largest absolute Gasteiger partial charge is 0.380 e. The molecule has 1 aliphatic heterocycles. The predicted molar refractivity (Wildman–Crippen MR) is 83.4 cm³/mol. The van der Waals surface area contributed by atoms with Gasteiger partial charge in [-0.3, -0.25) is 0 Å². The van der Waals surface area contributed by atoms with Crippen molar-refractivity contribution in [2.24, 2.45) is 0 Å². The number of piperidine rings is 1. The summed E-state index contributed by atoms with van der Waals surface area (Å²) in [6.45, 7) is 0.936. The summed E-state index contributed by atoms with van der Waals surface area (Å²) in [7, 11) is -1.87. The summed E-state index contributed by atoms with van der Waals surface area (Å²) in [6.07, 6.45) is 1.68. The molecule has 0 radical (unpaired) electrons. The van der Waals surface area contributed by atoms with E-state index in [1.807, 2.05) is 0 Å². The van der Waals surface area contributed by atoms with Crippen LogP contribution < -0.4 is 0 Å². The van der Waals surface area contributed by atoms with Crippen molar-refractivity contribution in [3.63, 3.8) is 0 Å². The molecule has 0 saturated carbocycles. The number of fused-ring (bicyclic) bond motifs is 1. The fourth-order valence-electron chi connectivity index (χ4n) is 2.45. The third-order valence-electron chi connectivity index (χ3n) is 3.59. The number of halogens is 1. The Hall–Kier alpha value is -0.730. The Bertz CT molecular complexity index is 760. The van der Waals surface area contributed by atoms with Gasteiger partial charge < -0.3 is 4.74 Å². The molecule has 21 heavy (non-hydrogen) atoms. The lowest BCUT2D eigenvalue weighted by atomic mass is 10.1. The Morgan fingerprint density at radius 2 is 2.29 bits per heavy atom. The first-order valence-electron chi connectivity index (χ1n) is 6.60. The highest BCUT2D eigenvalue weighted by Crippen LogP contribution is 2.32. The van der Waals surface area contributed by atoms with Crippen LogP contribution in [0.25, 0.3) is 10.2 Å². The van der Waals surface area contributed by atoms with E-state index in [2.05, 4.69) is 4.98 Å². The number of pyridine rings is 1. The molecular weight excluding hydrogens is 332 g/mol. The fourth-order valence-corrected chi connectivity index (χ4v) is 5.59. The molecule has 0 amide bonds. The van der Waals surface area contributed by atoms with Crippen LogP contribution >= 0.6 is 22.9 Å². The number of thiophene rings is 1. The number of hydrogen-bond donors (Lipinski definition) is 0. The number of aromatic nitrogens is 1. The lowest BCUT2D eigenvalue weighted by molar-refractivity contribution is 0.0572. The fraction of sp³-hybridized carbons (Fsp3) is 0.462. The lowest BCUT2D eigenvalue weighted by Gasteiger charge is -2.30. The Morgan fingerprint density at radius 1 is 1.48 bits per heavy atom. The average molecular weight is 347 g/mol. The minimum atomic E-state index is -3.49. The van der Waals surface area contributed by atoms with Crippen molar-refractivity contribution in [3.8, 4) is 0 Å². The second-order valence-electron chi connectivity index (χ2n) is 4.95. The van der Waals surface area contributed by atoms with E-state index in [9.17, 15) is 8.42 Å². The molecule has 3 rings (SSSR count). The molecule has 114 valence electrons. The molecule has 0 aliphatic carbocycles. The van der Waals surface area contributed by atoms with Crippen LogP contribution in [0.4, 0.5) is 0 Å². The minimum absolute atomic E-state index is 0.0320. The quantitative estimate of drug-likeness (QED) is 0.802. The third-order valence-corrected chi connectivity index (χ3v) is 7.20. The predicted octanol–water partition coefficient (Wildman–Crippen LogP) is 2.75. The Kier molecular flexibility index (Phi) is 4.20. The van der Waals surface area contributed by atoms with Gasteiger partial charge in [0.05, 0.1) is 16.3 Å². The number of methoxy groups -OCH3 is 1. The van der Waals surface area contributed by atoms with Crippen LogP contribution in [-0.4, -0.2) is 44.0 Å². The molecule has 0 N–H and O–H groups in total. The van der Waals surface area contributed by atoms with Crippen molar-refractivity contribution < 1.29 is 13.2 Å². The van der Waals surface area contributed by atoms with Crippen molar-refractivity contribution in [2.45, 2.75) is 23.2 Å². The maximum atomic E-state index is 12.7. The number of rotatable bonds is 3. The molecule has 0 aromatic carbocycles. The first-order chi connectivity index (χ1) is 10.0. The van der Waals surface area contributed by atoms with Crippen LogP contribution in [-0.2, 0) is 14.8 Å². The summed E-state index contributed by atoms with van der Waals surface area (Å²) >= 11 is 7.07. The van der Waals surface area contributed by atoms with Crippen LogP contribution in [0.3, 0.4) is 0 Å². The summed E-state index contributed by atoms with van der Waals surface area (Å²) in [5, 5.41) is 0.363. The van der Waals surface area contributed by atoms with Crippen molar-refractivity contribution >= 4 is 43.2 Å². The van der Waals surface area contributed by atoms with Crippen molar-refractivity contribution in [1.29, 1.82) is 0 Å². The highest BCUT2D eigenvalue weighted by molar-refractivity contribution is 7.91. The second kappa shape index (κ2) is 5.81. The standard InChI is InChI=1S/C13H15ClN2O3S2/c1-19-9-3-2-6-16(8-9)21(17,18)13-7-10-11(20-13)4-5-12(14)15-10/h4-5,7,9H,2-3,6,8H2,1H3. The highest BCUT2D eigenvalue weighted by atomic mass is 35.5. The van der Waals surface area contributed by atoms with Gasteiger partial charge in [0.15, 0.2) is 0 Å². The number of sulfonamides is 1. The maximum absolute atomic E-state index is 12.7. The first-order valence-corrected chi connectivity index (χ1v) is 9.23. The van der Waals surface area contributed by atoms with E-state index in [-0.39, 0.29) is 6.10 Å². The van der Waals surface area contributed by atoms with E-state index in [1.165, 1.54) is 15.6 Å². The Morgan fingerprint density at radius 3 is 3.05 bits per heavy atom. The van der Waals surface area contributed by atoms with Gasteiger partial charge in [-0.1, -0.05) is 11.6 Å². The monoisotopic (exact) mass is 346 g/mol. The van der Waals surface area contributed by atoms with E-state index in [1.54, 1.807) is 25.3 Å². The van der Waals surface area contributed by atoms with Gasteiger partial charge in [0, 0.05) is 20.2 Å². The molecule has 0 bridgehead atoms. The first kappa shape index (κ1) is 15.2. The molecule has 1 saturated heterocycles. The van der Waals surface area contributed by atoms with Crippen LogP contribution in [0.15, 0.2) is 22.4 Å². The van der Waals surface area contributed by atoms with Gasteiger partial charge in [-0.15, -0.1) is 11.3 Å². The van der Waals surface area contributed by atoms with Gasteiger partial charge in [0.1, 0.15) is 9.36 Å². The summed E-state index contributed by atoms with van der Waals surface area (Å²) in [5.41, 5.74) is 0.617. The summed E-state index contributed by atoms with van der Waals surface area (Å²) < 4.78 is 33.4. The molecule has 3 heterocycles. The Balaban J connectivity index is 1.95. The summed E-state index contributed by atoms with van der Waals surface area (Å²) in [6, 6.07) is 5.05. The van der Waals surface area contributed by atoms with Crippen LogP contribution in [0.2, 0.25) is 5.15 Å². The molecule has 1 aliphatic rings. The van der Waals surface area contributed by atoms with E-state index in [0.29, 0.717) is 28.0 Å². The smallest absolute Gasteiger partial charge is 0.252 e. The second-order valence-corrected chi connectivity index (χ2v) is 8.58. The molecule has 1 atom stereocenters. The third kappa shape index (κ3) is 2.93. The van der Waals surface area contributed by atoms with E-state index in [4.69, 9.17) is 16.3 Å². The summed E-state index contributed by atoms with van der Waals surface area (Å²) in [4.78, 5) is 4.15.